The molecule has 0 N–H and O–H groups in total. The minimum atomic E-state index is -2.64. The summed E-state index contributed by atoms with van der Waals surface area (Å²) in [6.45, 7) is -0.210. The van der Waals surface area contributed by atoms with E-state index < -0.39 is 5.92 Å². The molecule has 2 aromatic carbocycles. The molecule has 0 aromatic heterocycles. The molecule has 4 rings (SSSR count). The highest BCUT2D eigenvalue weighted by atomic mass is 79.9. The maximum atomic E-state index is 14.2. The molecule has 1 atom stereocenters. The zero-order valence-electron chi connectivity index (χ0n) is 12.7. The minimum Gasteiger partial charge on any atom is -0.358 e. The monoisotopic (exact) mass is 377 g/mol. The lowest BCUT2D eigenvalue weighted by molar-refractivity contribution is 0.0223. The van der Waals surface area contributed by atoms with E-state index in [1.54, 1.807) is 0 Å². The van der Waals surface area contributed by atoms with Gasteiger partial charge in [0.15, 0.2) is 0 Å². The van der Waals surface area contributed by atoms with Gasteiger partial charge in [-0.05, 0) is 54.2 Å². The number of benzene rings is 2. The van der Waals surface area contributed by atoms with E-state index in [4.69, 9.17) is 0 Å². The average Bonchev–Trinajstić information content (AvgIpc) is 3.32. The number of rotatable bonds is 3. The first kappa shape index (κ1) is 15.1. The summed E-state index contributed by atoms with van der Waals surface area (Å²) in [5.41, 5.74) is 3.20. The van der Waals surface area contributed by atoms with E-state index in [9.17, 15) is 8.78 Å². The van der Waals surface area contributed by atoms with E-state index in [1.807, 2.05) is 47.4 Å². The molecule has 1 aliphatic carbocycles. The maximum absolute atomic E-state index is 14.2. The van der Waals surface area contributed by atoms with Crippen molar-refractivity contribution < 1.29 is 8.78 Å². The lowest BCUT2D eigenvalue weighted by atomic mass is 9.95. The van der Waals surface area contributed by atoms with Crippen molar-refractivity contribution in [2.45, 2.75) is 37.1 Å². The number of anilines is 1. The third-order valence-corrected chi connectivity index (χ3v) is 5.33. The van der Waals surface area contributed by atoms with Crippen molar-refractivity contribution >= 4 is 21.6 Å². The van der Waals surface area contributed by atoms with Gasteiger partial charge in [0.25, 0.3) is 5.92 Å². The molecule has 0 bridgehead atoms. The van der Waals surface area contributed by atoms with E-state index in [1.165, 1.54) is 18.4 Å². The lowest BCUT2D eigenvalue weighted by Gasteiger charge is -2.28. The molecule has 1 saturated heterocycles. The van der Waals surface area contributed by atoms with E-state index in [0.717, 1.165) is 15.7 Å². The molecule has 1 nitrogen and oxygen atoms in total. The van der Waals surface area contributed by atoms with E-state index in [0.29, 0.717) is 5.92 Å². The second-order valence-corrected chi connectivity index (χ2v) is 7.50. The van der Waals surface area contributed by atoms with Gasteiger partial charge in [0.05, 0.1) is 12.6 Å². The number of alkyl halides is 2. The topological polar surface area (TPSA) is 3.24 Å². The van der Waals surface area contributed by atoms with Crippen LogP contribution in [0.3, 0.4) is 0 Å². The third-order valence-electron chi connectivity index (χ3n) is 4.80. The smallest absolute Gasteiger partial charge is 0.267 e. The van der Waals surface area contributed by atoms with Crippen molar-refractivity contribution in [1.82, 2.24) is 0 Å². The van der Waals surface area contributed by atoms with Gasteiger partial charge in [-0.15, -0.1) is 0 Å². The SMILES string of the molecule is FC1(F)CC(c2ccccc2C2CC2)N(c2ccc(Br)cc2)C1. The van der Waals surface area contributed by atoms with Gasteiger partial charge in [-0.25, -0.2) is 8.78 Å². The Hall–Kier alpha value is -1.42. The van der Waals surface area contributed by atoms with Gasteiger partial charge < -0.3 is 4.90 Å². The summed E-state index contributed by atoms with van der Waals surface area (Å²) >= 11 is 3.41. The fraction of sp³-hybridized carbons (Fsp3) is 0.368. The molecule has 120 valence electrons. The number of hydrogen-bond donors (Lipinski definition) is 0. The Morgan fingerprint density at radius 3 is 2.26 bits per heavy atom. The van der Waals surface area contributed by atoms with Crippen LogP contribution in [-0.2, 0) is 0 Å². The summed E-state index contributed by atoms with van der Waals surface area (Å²) in [7, 11) is 0. The van der Waals surface area contributed by atoms with E-state index in [-0.39, 0.29) is 19.0 Å². The van der Waals surface area contributed by atoms with Gasteiger partial charge in [0.2, 0.25) is 0 Å². The molecule has 1 aliphatic heterocycles. The normalized spacial score (nSPS) is 23.3. The highest BCUT2D eigenvalue weighted by Crippen LogP contribution is 2.49. The predicted molar refractivity (Wildman–Crippen MR) is 92.2 cm³/mol. The maximum Gasteiger partial charge on any atom is 0.267 e. The van der Waals surface area contributed by atoms with Crippen LogP contribution >= 0.6 is 15.9 Å². The number of hydrogen-bond acceptors (Lipinski definition) is 1. The second-order valence-electron chi connectivity index (χ2n) is 6.58. The van der Waals surface area contributed by atoms with Crippen LogP contribution in [0.1, 0.15) is 42.3 Å². The van der Waals surface area contributed by atoms with Crippen molar-refractivity contribution in [3.05, 3.63) is 64.1 Å². The molecule has 2 aliphatic rings. The first-order chi connectivity index (χ1) is 11.0. The van der Waals surface area contributed by atoms with Crippen LogP contribution in [0.5, 0.6) is 0 Å². The molecule has 0 radical (unpaired) electrons. The Morgan fingerprint density at radius 1 is 0.957 bits per heavy atom. The van der Waals surface area contributed by atoms with Crippen LogP contribution in [0.15, 0.2) is 53.0 Å². The van der Waals surface area contributed by atoms with Crippen LogP contribution in [0.25, 0.3) is 0 Å². The first-order valence-electron chi connectivity index (χ1n) is 8.02. The van der Waals surface area contributed by atoms with Gasteiger partial charge in [0.1, 0.15) is 0 Å². The predicted octanol–water partition coefficient (Wildman–Crippen LogP) is 5.91. The van der Waals surface area contributed by atoms with Crippen LogP contribution < -0.4 is 4.90 Å². The lowest BCUT2D eigenvalue weighted by Crippen LogP contribution is -2.26. The quantitative estimate of drug-likeness (QED) is 0.642. The first-order valence-corrected chi connectivity index (χ1v) is 8.82. The van der Waals surface area contributed by atoms with Crippen molar-refractivity contribution in [3.63, 3.8) is 0 Å². The Labute approximate surface area is 143 Å². The van der Waals surface area contributed by atoms with Crippen LogP contribution in [-0.4, -0.2) is 12.5 Å². The summed E-state index contributed by atoms with van der Waals surface area (Å²) in [4.78, 5) is 1.87. The minimum absolute atomic E-state index is 0.104. The molecule has 1 heterocycles. The summed E-state index contributed by atoms with van der Waals surface area (Å²) in [6, 6.07) is 15.5. The number of halogens is 3. The summed E-state index contributed by atoms with van der Waals surface area (Å²) in [5.74, 6) is -2.08. The molecule has 1 unspecified atom stereocenters. The van der Waals surface area contributed by atoms with Crippen LogP contribution in [0, 0.1) is 0 Å². The summed E-state index contributed by atoms with van der Waals surface area (Å²) in [5, 5.41) is 0. The summed E-state index contributed by atoms with van der Waals surface area (Å²) < 4.78 is 29.3. The van der Waals surface area contributed by atoms with Gasteiger partial charge in [-0.2, -0.15) is 0 Å². The largest absolute Gasteiger partial charge is 0.358 e. The second kappa shape index (κ2) is 5.59. The number of nitrogens with zero attached hydrogens (tertiary/aromatic N) is 1. The molecule has 0 amide bonds. The zero-order chi connectivity index (χ0) is 16.0. The van der Waals surface area contributed by atoms with Crippen LogP contribution in [0.2, 0.25) is 0 Å². The molecule has 0 spiro atoms. The molecular weight excluding hydrogens is 360 g/mol. The third kappa shape index (κ3) is 3.01. The molecule has 2 fully saturated rings. The van der Waals surface area contributed by atoms with Crippen molar-refractivity contribution in [2.24, 2.45) is 0 Å². The average molecular weight is 378 g/mol. The van der Waals surface area contributed by atoms with E-state index in [2.05, 4.69) is 22.0 Å². The van der Waals surface area contributed by atoms with E-state index >= 15 is 0 Å². The van der Waals surface area contributed by atoms with Crippen LogP contribution in [0.4, 0.5) is 14.5 Å². The Kier molecular flexibility index (Phi) is 3.67. The highest BCUT2D eigenvalue weighted by Gasteiger charge is 2.46. The fourth-order valence-electron chi connectivity index (χ4n) is 3.58. The molecular formula is C19H18BrF2N. The van der Waals surface area contributed by atoms with Gasteiger partial charge in [-0.1, -0.05) is 40.2 Å². The van der Waals surface area contributed by atoms with Crippen molar-refractivity contribution in [2.75, 3.05) is 11.4 Å². The Morgan fingerprint density at radius 2 is 1.61 bits per heavy atom. The molecule has 23 heavy (non-hydrogen) atoms. The molecule has 2 aromatic rings. The Bertz CT molecular complexity index is 710. The highest BCUT2D eigenvalue weighted by molar-refractivity contribution is 9.10. The van der Waals surface area contributed by atoms with Gasteiger partial charge >= 0.3 is 0 Å². The fourth-order valence-corrected chi connectivity index (χ4v) is 3.84. The van der Waals surface area contributed by atoms with Crippen molar-refractivity contribution in [3.8, 4) is 0 Å². The molecule has 4 heteroatoms. The molecule has 1 saturated carbocycles. The standard InChI is InChI=1S/C19H18BrF2N/c20-14-7-9-15(10-8-14)23-12-19(21,22)11-18(23)17-4-2-1-3-16(17)13-5-6-13/h1-4,7-10,13,18H,5-6,11-12H2. The summed E-state index contributed by atoms with van der Waals surface area (Å²) in [6.07, 6.45) is 2.25. The Balaban J connectivity index is 1.74. The van der Waals surface area contributed by atoms with Gasteiger partial charge in [-0.3, -0.25) is 0 Å². The van der Waals surface area contributed by atoms with Crippen molar-refractivity contribution in [1.29, 1.82) is 0 Å². The zero-order valence-corrected chi connectivity index (χ0v) is 14.3. The van der Waals surface area contributed by atoms with Gasteiger partial charge in [0, 0.05) is 16.6 Å².